The number of carbonyl (C=O) groups excluding carboxylic acids is 1. The van der Waals surface area contributed by atoms with Gasteiger partial charge in [-0.15, -0.1) is 0 Å². The lowest BCUT2D eigenvalue weighted by Crippen LogP contribution is -2.44. The zero-order chi connectivity index (χ0) is 30.8. The van der Waals surface area contributed by atoms with Gasteiger partial charge in [0, 0.05) is 24.0 Å². The number of fused-ring (bicyclic) bond motifs is 1. The number of amides is 1. The number of hydrogen-bond acceptors (Lipinski definition) is 6. The predicted molar refractivity (Wildman–Crippen MR) is 132 cm³/mol. The lowest BCUT2D eigenvalue weighted by molar-refractivity contribution is -0.193. The molecule has 16 heteroatoms. The maximum Gasteiger partial charge on any atom is 0.490 e. The normalized spacial score (nSPS) is 14.3. The summed E-state index contributed by atoms with van der Waals surface area (Å²) in [5.74, 6) is -4.69. The fourth-order valence-corrected chi connectivity index (χ4v) is 3.32. The molecule has 1 aromatic heterocycles. The van der Waals surface area contributed by atoms with Crippen molar-refractivity contribution >= 4 is 23.5 Å². The molecule has 4 rings (SSSR count). The van der Waals surface area contributed by atoms with Crippen LogP contribution in [0.15, 0.2) is 54.9 Å². The van der Waals surface area contributed by atoms with E-state index in [0.29, 0.717) is 19.6 Å². The first-order valence-electron chi connectivity index (χ1n) is 11.6. The van der Waals surface area contributed by atoms with Gasteiger partial charge in [-0.3, -0.25) is 9.89 Å². The summed E-state index contributed by atoms with van der Waals surface area (Å²) in [5, 5.41) is 27.3. The fraction of sp³-hybridized carbons (Fsp3) is 0.280. The van der Waals surface area contributed by atoms with Crippen LogP contribution in [0.1, 0.15) is 18.1 Å². The first-order valence-corrected chi connectivity index (χ1v) is 11.6. The van der Waals surface area contributed by atoms with Gasteiger partial charge in [-0.2, -0.15) is 31.4 Å². The van der Waals surface area contributed by atoms with E-state index >= 15 is 0 Å². The number of halogens is 6. The highest BCUT2D eigenvalue weighted by Gasteiger charge is 2.38. The van der Waals surface area contributed by atoms with E-state index in [0.717, 1.165) is 28.1 Å². The molecule has 10 nitrogen and oxygen atoms in total. The van der Waals surface area contributed by atoms with E-state index in [1.165, 1.54) is 5.56 Å². The number of hydrogen-bond donors (Lipinski definition) is 5. The molecule has 2 aromatic carbocycles. The van der Waals surface area contributed by atoms with Gasteiger partial charge >= 0.3 is 24.3 Å². The molecule has 5 N–H and O–H groups in total. The number of nitrogens with one attached hydrogen (secondary N) is 3. The molecule has 222 valence electrons. The molecule has 0 radical (unpaired) electrons. The third-order valence-corrected chi connectivity index (χ3v) is 5.24. The van der Waals surface area contributed by atoms with Crippen molar-refractivity contribution < 1.29 is 55.7 Å². The quantitative estimate of drug-likeness (QED) is 0.274. The number of alkyl halides is 6. The first kappa shape index (κ1) is 32.6. The minimum atomic E-state index is -5.08. The Morgan fingerprint density at radius 3 is 2.02 bits per heavy atom. The van der Waals surface area contributed by atoms with E-state index in [1.54, 1.807) is 6.20 Å². The van der Waals surface area contributed by atoms with Gasteiger partial charge in [0.25, 0.3) is 0 Å². The number of carboxylic acid groups (broad SMARTS) is 2. The van der Waals surface area contributed by atoms with Crippen molar-refractivity contribution in [3.63, 3.8) is 0 Å². The maximum absolute atomic E-state index is 12.7. The molecule has 0 fully saturated rings. The highest BCUT2D eigenvalue weighted by atomic mass is 19.4. The van der Waals surface area contributed by atoms with E-state index in [1.807, 2.05) is 49.5 Å². The van der Waals surface area contributed by atoms with Crippen molar-refractivity contribution in [1.29, 1.82) is 0 Å². The maximum atomic E-state index is 12.7. The number of anilines is 1. The SMILES string of the molecule is CCOc1ccc2c(c1)CC(C(=O)Nc1ccc(-c3cn[nH]c3)cc1)NC2.O=C(O)C(F)(F)F.O=C(O)C(F)(F)F. The molecule has 1 amide bonds. The smallest absolute Gasteiger partial charge is 0.490 e. The Hall–Kier alpha value is -4.60. The van der Waals surface area contributed by atoms with Crippen molar-refractivity contribution in [2.24, 2.45) is 0 Å². The van der Waals surface area contributed by atoms with Gasteiger partial charge < -0.3 is 25.6 Å². The van der Waals surface area contributed by atoms with E-state index in [9.17, 15) is 31.1 Å². The van der Waals surface area contributed by atoms with Crippen LogP contribution in [0.25, 0.3) is 11.1 Å². The van der Waals surface area contributed by atoms with E-state index in [2.05, 4.69) is 26.9 Å². The molecule has 2 heterocycles. The average molecular weight is 590 g/mol. The van der Waals surface area contributed by atoms with E-state index < -0.39 is 24.3 Å². The molecule has 0 bridgehead atoms. The number of aromatic amines is 1. The molecule has 1 atom stereocenters. The summed E-state index contributed by atoms with van der Waals surface area (Å²) in [4.78, 5) is 30.5. The lowest BCUT2D eigenvalue weighted by Gasteiger charge is -2.26. The molecular formula is C25H24F6N4O6. The summed E-state index contributed by atoms with van der Waals surface area (Å²) in [6.45, 7) is 3.28. The number of aliphatic carboxylic acids is 2. The Morgan fingerprint density at radius 2 is 1.54 bits per heavy atom. The van der Waals surface area contributed by atoms with Crippen molar-refractivity contribution in [3.05, 3.63) is 66.0 Å². The summed E-state index contributed by atoms with van der Waals surface area (Å²) in [5.41, 5.74) is 5.23. The molecule has 3 aromatic rings. The molecule has 41 heavy (non-hydrogen) atoms. The third-order valence-electron chi connectivity index (χ3n) is 5.24. The van der Waals surface area contributed by atoms with Crippen LogP contribution in [0.2, 0.25) is 0 Å². The summed E-state index contributed by atoms with van der Waals surface area (Å²) in [6, 6.07) is 13.6. The summed E-state index contributed by atoms with van der Waals surface area (Å²) in [7, 11) is 0. The molecule has 1 unspecified atom stereocenters. The number of benzene rings is 2. The van der Waals surface area contributed by atoms with Crippen LogP contribution in [-0.4, -0.2) is 63.3 Å². The number of ether oxygens (including phenoxy) is 1. The van der Waals surface area contributed by atoms with Crippen LogP contribution >= 0.6 is 0 Å². The number of aromatic nitrogens is 2. The Balaban J connectivity index is 0.000000349. The van der Waals surface area contributed by atoms with E-state index in [4.69, 9.17) is 24.5 Å². The Bertz CT molecular complexity index is 1290. The molecule has 1 aliphatic heterocycles. The fourth-order valence-electron chi connectivity index (χ4n) is 3.32. The van der Waals surface area contributed by atoms with Gasteiger partial charge in [0.05, 0.1) is 18.8 Å². The second kappa shape index (κ2) is 14.2. The van der Waals surface area contributed by atoms with Gasteiger partial charge in [0.1, 0.15) is 5.75 Å². The minimum Gasteiger partial charge on any atom is -0.494 e. The van der Waals surface area contributed by atoms with Crippen molar-refractivity contribution in [1.82, 2.24) is 15.5 Å². The van der Waals surface area contributed by atoms with E-state index in [-0.39, 0.29) is 11.9 Å². The molecule has 0 saturated carbocycles. The van der Waals surface area contributed by atoms with Gasteiger partial charge in [-0.05, 0) is 54.3 Å². The molecular weight excluding hydrogens is 566 g/mol. The minimum absolute atomic E-state index is 0.0291. The van der Waals surface area contributed by atoms with Crippen molar-refractivity contribution in [2.45, 2.75) is 38.3 Å². The second-order valence-corrected chi connectivity index (χ2v) is 8.16. The lowest BCUT2D eigenvalue weighted by atomic mass is 9.95. The zero-order valence-corrected chi connectivity index (χ0v) is 21.1. The Morgan fingerprint density at radius 1 is 0.951 bits per heavy atom. The average Bonchev–Trinajstić information content (AvgIpc) is 3.44. The van der Waals surface area contributed by atoms with Crippen molar-refractivity contribution in [2.75, 3.05) is 11.9 Å². The van der Waals surface area contributed by atoms with Crippen LogP contribution in [0, 0.1) is 0 Å². The summed E-state index contributed by atoms with van der Waals surface area (Å²) < 4.78 is 69.0. The van der Waals surface area contributed by atoms with Gasteiger partial charge in [0.15, 0.2) is 0 Å². The highest BCUT2D eigenvalue weighted by Crippen LogP contribution is 2.24. The van der Waals surface area contributed by atoms with Crippen LogP contribution in [0.4, 0.5) is 32.0 Å². The molecule has 0 spiro atoms. The molecule has 1 aliphatic rings. The number of H-pyrrole nitrogens is 1. The third kappa shape index (κ3) is 10.5. The largest absolute Gasteiger partial charge is 0.494 e. The van der Waals surface area contributed by atoms with Gasteiger partial charge in [0.2, 0.25) is 5.91 Å². The topological polar surface area (TPSA) is 154 Å². The zero-order valence-electron chi connectivity index (χ0n) is 21.1. The number of carbonyl (C=O) groups is 3. The van der Waals surface area contributed by atoms with Gasteiger partial charge in [-0.25, -0.2) is 9.59 Å². The van der Waals surface area contributed by atoms with Crippen LogP contribution in [-0.2, 0) is 27.3 Å². The summed E-state index contributed by atoms with van der Waals surface area (Å²) in [6.07, 6.45) is -5.91. The summed E-state index contributed by atoms with van der Waals surface area (Å²) >= 11 is 0. The molecule has 0 saturated heterocycles. The van der Waals surface area contributed by atoms with Gasteiger partial charge in [-0.1, -0.05) is 18.2 Å². The molecule has 0 aliphatic carbocycles. The first-order chi connectivity index (χ1) is 19.1. The highest BCUT2D eigenvalue weighted by molar-refractivity contribution is 5.95. The number of nitrogens with zero attached hydrogens (tertiary/aromatic N) is 1. The van der Waals surface area contributed by atoms with Crippen LogP contribution in [0.5, 0.6) is 5.75 Å². The predicted octanol–water partition coefficient (Wildman–Crippen LogP) is 4.40. The van der Waals surface area contributed by atoms with Crippen molar-refractivity contribution in [3.8, 4) is 16.9 Å². The second-order valence-electron chi connectivity index (χ2n) is 8.16. The monoisotopic (exact) mass is 590 g/mol. The van der Waals surface area contributed by atoms with Crippen LogP contribution < -0.4 is 15.4 Å². The van der Waals surface area contributed by atoms with Crippen LogP contribution in [0.3, 0.4) is 0 Å². The number of carboxylic acids is 2. The Kier molecular flexibility index (Phi) is 11.3. The standard InChI is InChI=1S/C21H22N4O2.2C2HF3O2/c1-2-27-19-8-5-15-11-22-20(10-16(15)9-19)21(26)25-18-6-3-14(4-7-18)17-12-23-24-13-17;2*3-2(4,5)1(6)7/h3-9,12-13,20,22H,2,10-11H2,1H3,(H,23,24)(H,25,26);2*(H,6,7). The Labute approximate surface area is 228 Å². The number of rotatable bonds is 5.